The lowest BCUT2D eigenvalue weighted by molar-refractivity contribution is 0.171. The van der Waals surface area contributed by atoms with Crippen LogP contribution in [0.3, 0.4) is 0 Å². The minimum Gasteiger partial charge on any atom is -0.489 e. The summed E-state index contributed by atoms with van der Waals surface area (Å²) >= 11 is 5.87. The van der Waals surface area contributed by atoms with E-state index in [2.05, 4.69) is 12.0 Å². The second-order valence-corrected chi connectivity index (χ2v) is 4.01. The molecule has 3 nitrogen and oxygen atoms in total. The highest BCUT2D eigenvalue weighted by Crippen LogP contribution is 2.19. The van der Waals surface area contributed by atoms with Crippen LogP contribution in [0.1, 0.15) is 13.3 Å². The highest BCUT2D eigenvalue weighted by molar-refractivity contribution is 6.30. The summed E-state index contributed by atoms with van der Waals surface area (Å²) in [6.07, 6.45) is 2.50. The van der Waals surface area contributed by atoms with E-state index in [0.29, 0.717) is 5.02 Å². The quantitative estimate of drug-likeness (QED) is 0.456. The molecule has 0 spiro atoms. The van der Waals surface area contributed by atoms with Crippen molar-refractivity contribution in [2.75, 3.05) is 0 Å². The topological polar surface area (TPSA) is 47.3 Å². The molecular weight excluding hydrogens is 224 g/mol. The summed E-state index contributed by atoms with van der Waals surface area (Å²) in [4.78, 5) is 0. The molecule has 4 heteroatoms. The van der Waals surface area contributed by atoms with Gasteiger partial charge in [0.15, 0.2) is 0 Å². The Bertz CT molecular complexity index is 344. The Balaban J connectivity index is 2.61. The number of benzene rings is 1. The Labute approximate surface area is 101 Å². The summed E-state index contributed by atoms with van der Waals surface area (Å²) < 4.78 is 5.73. The normalized spacial score (nSPS) is 14.2. The first kappa shape index (κ1) is 13.0. The summed E-state index contributed by atoms with van der Waals surface area (Å²) in [5.74, 6) is 6.18. The third kappa shape index (κ3) is 3.85. The fraction of sp³-hybridized carbons (Fsp3) is 0.333. The van der Waals surface area contributed by atoms with Gasteiger partial charge in [0.1, 0.15) is 11.9 Å². The van der Waals surface area contributed by atoms with Crippen LogP contribution in [0.15, 0.2) is 36.9 Å². The number of hydrogen-bond donors (Lipinski definition) is 2. The molecule has 0 saturated carbocycles. The van der Waals surface area contributed by atoms with Gasteiger partial charge in [-0.15, -0.1) is 6.58 Å². The first-order valence-electron chi connectivity index (χ1n) is 5.16. The molecule has 0 amide bonds. The second kappa shape index (κ2) is 6.53. The number of nitrogens with two attached hydrogens (primary N) is 1. The van der Waals surface area contributed by atoms with Crippen LogP contribution in [0, 0.1) is 0 Å². The number of ether oxygens (including phenoxy) is 1. The van der Waals surface area contributed by atoms with Crippen molar-refractivity contribution in [1.29, 1.82) is 0 Å². The van der Waals surface area contributed by atoms with E-state index in [4.69, 9.17) is 22.2 Å². The summed E-state index contributed by atoms with van der Waals surface area (Å²) in [5, 5.41) is 0.658. The molecule has 0 saturated heterocycles. The molecule has 2 unspecified atom stereocenters. The predicted octanol–water partition coefficient (Wildman–Crippen LogP) is 2.52. The maximum Gasteiger partial charge on any atom is 0.121 e. The van der Waals surface area contributed by atoms with E-state index in [1.54, 1.807) is 6.07 Å². The van der Waals surface area contributed by atoms with Crippen LogP contribution in [0.5, 0.6) is 5.75 Å². The van der Waals surface area contributed by atoms with Crippen LogP contribution in [-0.4, -0.2) is 12.1 Å². The van der Waals surface area contributed by atoms with Gasteiger partial charge < -0.3 is 4.74 Å². The molecule has 0 fully saturated rings. The number of nitrogens with one attached hydrogen (secondary N) is 1. The zero-order valence-electron chi connectivity index (χ0n) is 9.32. The van der Waals surface area contributed by atoms with Gasteiger partial charge in [0.25, 0.3) is 0 Å². The predicted molar refractivity (Wildman–Crippen MR) is 67.5 cm³/mol. The fourth-order valence-electron chi connectivity index (χ4n) is 1.41. The van der Waals surface area contributed by atoms with Gasteiger partial charge in [-0.3, -0.25) is 11.3 Å². The third-order valence-corrected chi connectivity index (χ3v) is 2.55. The average molecular weight is 241 g/mol. The lowest BCUT2D eigenvalue weighted by Crippen LogP contribution is -2.44. The SMILES string of the molecule is C=CCC(NN)C(C)Oc1cccc(Cl)c1. The monoisotopic (exact) mass is 240 g/mol. The standard InChI is InChI=1S/C12H17ClN2O/c1-3-5-12(15-14)9(2)16-11-7-4-6-10(13)8-11/h3-4,6-9,12,15H,1,5,14H2,2H3. The number of halogens is 1. The summed E-state index contributed by atoms with van der Waals surface area (Å²) in [6.45, 7) is 5.63. The third-order valence-electron chi connectivity index (χ3n) is 2.32. The van der Waals surface area contributed by atoms with E-state index in [1.807, 2.05) is 31.2 Å². The Morgan fingerprint density at radius 1 is 1.62 bits per heavy atom. The smallest absolute Gasteiger partial charge is 0.121 e. The van der Waals surface area contributed by atoms with Crippen LogP contribution in [-0.2, 0) is 0 Å². The van der Waals surface area contributed by atoms with Crippen molar-refractivity contribution in [1.82, 2.24) is 5.43 Å². The van der Waals surface area contributed by atoms with Crippen molar-refractivity contribution < 1.29 is 4.74 Å². The summed E-state index contributed by atoms with van der Waals surface area (Å²) in [5.41, 5.74) is 2.71. The van der Waals surface area contributed by atoms with Gasteiger partial charge in [-0.05, 0) is 31.5 Å². The molecule has 0 bridgehead atoms. The van der Waals surface area contributed by atoms with Gasteiger partial charge in [-0.25, -0.2) is 0 Å². The highest BCUT2D eigenvalue weighted by atomic mass is 35.5. The summed E-state index contributed by atoms with van der Waals surface area (Å²) in [6, 6.07) is 7.34. The number of hydrogen-bond acceptors (Lipinski definition) is 3. The van der Waals surface area contributed by atoms with Gasteiger partial charge in [-0.1, -0.05) is 23.7 Å². The minimum atomic E-state index is -0.0542. The number of rotatable bonds is 6. The Morgan fingerprint density at radius 2 is 2.38 bits per heavy atom. The maximum absolute atomic E-state index is 5.87. The van der Waals surface area contributed by atoms with Crippen molar-refractivity contribution in [2.45, 2.75) is 25.5 Å². The Morgan fingerprint density at radius 3 is 2.94 bits per heavy atom. The van der Waals surface area contributed by atoms with Gasteiger partial charge in [-0.2, -0.15) is 0 Å². The zero-order chi connectivity index (χ0) is 12.0. The summed E-state index contributed by atoms with van der Waals surface area (Å²) in [7, 11) is 0. The molecule has 16 heavy (non-hydrogen) atoms. The van der Waals surface area contributed by atoms with Gasteiger partial charge in [0, 0.05) is 5.02 Å². The molecule has 88 valence electrons. The molecule has 2 atom stereocenters. The fourth-order valence-corrected chi connectivity index (χ4v) is 1.59. The molecule has 0 aliphatic carbocycles. The Kier molecular flexibility index (Phi) is 5.32. The van der Waals surface area contributed by atoms with E-state index >= 15 is 0 Å². The molecule has 0 heterocycles. The van der Waals surface area contributed by atoms with Crippen molar-refractivity contribution in [2.24, 2.45) is 5.84 Å². The molecule has 1 aromatic rings. The minimum absolute atomic E-state index is 0.0384. The van der Waals surface area contributed by atoms with Crippen LogP contribution in [0.2, 0.25) is 5.02 Å². The molecule has 3 N–H and O–H groups in total. The molecule has 1 aromatic carbocycles. The van der Waals surface area contributed by atoms with Gasteiger partial charge >= 0.3 is 0 Å². The largest absolute Gasteiger partial charge is 0.489 e. The zero-order valence-corrected chi connectivity index (χ0v) is 10.1. The van der Waals surface area contributed by atoms with E-state index in [0.717, 1.165) is 12.2 Å². The van der Waals surface area contributed by atoms with Gasteiger partial charge in [0.2, 0.25) is 0 Å². The lowest BCUT2D eigenvalue weighted by Gasteiger charge is -2.23. The van der Waals surface area contributed by atoms with E-state index in [9.17, 15) is 0 Å². The second-order valence-electron chi connectivity index (χ2n) is 3.58. The highest BCUT2D eigenvalue weighted by Gasteiger charge is 2.15. The first-order valence-corrected chi connectivity index (χ1v) is 5.54. The van der Waals surface area contributed by atoms with E-state index in [1.165, 1.54) is 0 Å². The van der Waals surface area contributed by atoms with Crippen LogP contribution < -0.4 is 16.0 Å². The number of hydrazine groups is 1. The molecule has 0 aromatic heterocycles. The van der Waals surface area contributed by atoms with Crippen LogP contribution in [0.25, 0.3) is 0 Å². The molecule has 0 aliphatic heterocycles. The molecule has 0 aliphatic rings. The van der Waals surface area contributed by atoms with Crippen molar-refractivity contribution >= 4 is 11.6 Å². The van der Waals surface area contributed by atoms with Crippen molar-refractivity contribution in [3.63, 3.8) is 0 Å². The average Bonchev–Trinajstić information content (AvgIpc) is 2.25. The lowest BCUT2D eigenvalue weighted by atomic mass is 10.1. The van der Waals surface area contributed by atoms with Crippen molar-refractivity contribution in [3.8, 4) is 5.75 Å². The van der Waals surface area contributed by atoms with E-state index < -0.39 is 0 Å². The van der Waals surface area contributed by atoms with Crippen LogP contribution >= 0.6 is 11.6 Å². The first-order chi connectivity index (χ1) is 7.67. The van der Waals surface area contributed by atoms with Crippen LogP contribution in [0.4, 0.5) is 0 Å². The van der Waals surface area contributed by atoms with Gasteiger partial charge in [0.05, 0.1) is 6.04 Å². The van der Waals surface area contributed by atoms with Crippen molar-refractivity contribution in [3.05, 3.63) is 41.9 Å². The molecule has 1 rings (SSSR count). The molecule has 0 radical (unpaired) electrons. The maximum atomic E-state index is 5.87. The van der Waals surface area contributed by atoms with E-state index in [-0.39, 0.29) is 12.1 Å². The molecular formula is C12H17ClN2O. The Hall–Kier alpha value is -1.03.